The molecule has 0 unspecified atom stereocenters. The zero-order valence-electron chi connectivity index (χ0n) is 12.4. The van der Waals surface area contributed by atoms with Crippen LogP contribution in [0.2, 0.25) is 0 Å². The minimum absolute atomic E-state index is 0.0399. The zero-order valence-corrected chi connectivity index (χ0v) is 12.4. The van der Waals surface area contributed by atoms with Crippen molar-refractivity contribution < 1.29 is 19.1 Å². The van der Waals surface area contributed by atoms with Crippen molar-refractivity contribution in [2.45, 2.75) is 0 Å². The maximum absolute atomic E-state index is 12.3. The highest BCUT2D eigenvalue weighted by Crippen LogP contribution is 2.35. The van der Waals surface area contributed by atoms with Gasteiger partial charge in [-0.1, -0.05) is 0 Å². The molecule has 0 saturated carbocycles. The van der Waals surface area contributed by atoms with E-state index in [0.717, 1.165) is 0 Å². The van der Waals surface area contributed by atoms with E-state index in [-0.39, 0.29) is 21.7 Å². The quantitative estimate of drug-likeness (QED) is 0.723. The maximum Gasteiger partial charge on any atom is 0.193 e. The first-order chi connectivity index (χ1) is 11.6. The Morgan fingerprint density at radius 2 is 1.79 bits per heavy atom. The van der Waals surface area contributed by atoms with E-state index in [0.29, 0.717) is 41.6 Å². The molecule has 0 atom stereocenters. The van der Waals surface area contributed by atoms with Crippen LogP contribution in [0.3, 0.4) is 0 Å². The summed E-state index contributed by atoms with van der Waals surface area (Å²) in [4.78, 5) is 12.3. The number of hydrogen-bond donors (Lipinski definition) is 1. The summed E-state index contributed by atoms with van der Waals surface area (Å²) in [6.07, 6.45) is 0. The van der Waals surface area contributed by atoms with Crippen LogP contribution in [0.25, 0.3) is 22.3 Å². The molecule has 0 fully saturated rings. The summed E-state index contributed by atoms with van der Waals surface area (Å²) in [5.41, 5.74) is 0.639. The average Bonchev–Trinajstić information content (AvgIpc) is 2.61. The number of benzene rings is 2. The number of hydrogen-bond acceptors (Lipinski definition) is 7. The molecule has 0 radical (unpaired) electrons. The minimum Gasteiger partial charge on any atom is -0.733 e. The standard InChI is InChI=1S/C17H12NO6/c19-13-9-16(10-1-3-15-17(7-10)23-6-5-22-15)24-14-4-2-11(18(20)21)8-12(13)14/h1-4,7-9,20H,5-6H2/q-1. The highest BCUT2D eigenvalue weighted by atomic mass is 16.8. The van der Waals surface area contributed by atoms with Crippen molar-refractivity contribution in [2.24, 2.45) is 0 Å². The lowest BCUT2D eigenvalue weighted by atomic mass is 10.1. The molecule has 7 heteroatoms. The van der Waals surface area contributed by atoms with Crippen LogP contribution >= 0.6 is 0 Å². The second kappa shape index (κ2) is 5.55. The lowest BCUT2D eigenvalue weighted by molar-refractivity contribution is 0.171. The van der Waals surface area contributed by atoms with E-state index in [4.69, 9.17) is 19.1 Å². The fraction of sp³-hybridized carbons (Fsp3) is 0.118. The SMILES string of the molecule is O=c1cc(-c2ccc3c(c2)OCCO3)oc2ccc(N([O-])O)cc12. The highest BCUT2D eigenvalue weighted by molar-refractivity contribution is 5.82. The van der Waals surface area contributed by atoms with Gasteiger partial charge < -0.3 is 24.3 Å². The van der Waals surface area contributed by atoms with Crippen LogP contribution in [0, 0.1) is 5.21 Å². The van der Waals surface area contributed by atoms with Crippen LogP contribution in [-0.2, 0) is 0 Å². The molecule has 2 aromatic carbocycles. The molecule has 1 N–H and O–H groups in total. The van der Waals surface area contributed by atoms with Crippen molar-refractivity contribution in [2.75, 3.05) is 18.4 Å². The van der Waals surface area contributed by atoms with Crippen LogP contribution in [0.5, 0.6) is 11.5 Å². The van der Waals surface area contributed by atoms with Gasteiger partial charge >= 0.3 is 0 Å². The molecule has 1 aliphatic rings. The van der Waals surface area contributed by atoms with Gasteiger partial charge in [-0.3, -0.25) is 10.0 Å². The first-order valence-corrected chi connectivity index (χ1v) is 7.26. The van der Waals surface area contributed by atoms with Crippen LogP contribution in [0.1, 0.15) is 0 Å². The zero-order chi connectivity index (χ0) is 16.7. The van der Waals surface area contributed by atoms with E-state index in [1.807, 2.05) is 0 Å². The molecule has 3 aromatic rings. The molecule has 24 heavy (non-hydrogen) atoms. The molecule has 0 amide bonds. The van der Waals surface area contributed by atoms with Gasteiger partial charge in [-0.05, 0) is 36.4 Å². The summed E-state index contributed by atoms with van der Waals surface area (Å²) >= 11 is 0. The van der Waals surface area contributed by atoms with Crippen LogP contribution in [-0.4, -0.2) is 18.4 Å². The summed E-state index contributed by atoms with van der Waals surface area (Å²) in [7, 11) is 0. The van der Waals surface area contributed by atoms with Crippen LogP contribution < -0.4 is 20.1 Å². The molecule has 1 aromatic heterocycles. The number of nitrogens with zero attached hydrogens (tertiary/aromatic N) is 1. The van der Waals surface area contributed by atoms with Crippen molar-refractivity contribution in [1.29, 1.82) is 0 Å². The summed E-state index contributed by atoms with van der Waals surface area (Å²) in [5, 5.41) is 19.8. The van der Waals surface area contributed by atoms with Crippen molar-refractivity contribution in [1.82, 2.24) is 0 Å². The van der Waals surface area contributed by atoms with Gasteiger partial charge in [-0.2, -0.15) is 0 Å². The Morgan fingerprint density at radius 1 is 1.00 bits per heavy atom. The molecule has 4 rings (SSSR count). The highest BCUT2D eigenvalue weighted by Gasteiger charge is 2.14. The number of ether oxygens (including phenoxy) is 2. The Labute approximate surface area is 135 Å². The Balaban J connectivity index is 1.83. The Bertz CT molecular complexity index is 978. The lowest BCUT2D eigenvalue weighted by Crippen LogP contribution is -2.15. The Morgan fingerprint density at radius 3 is 2.58 bits per heavy atom. The second-order valence-corrected chi connectivity index (χ2v) is 5.29. The first-order valence-electron chi connectivity index (χ1n) is 7.26. The summed E-state index contributed by atoms with van der Waals surface area (Å²) in [5.74, 6) is 1.62. The third kappa shape index (κ3) is 2.45. The largest absolute Gasteiger partial charge is 0.733 e. The minimum atomic E-state index is -0.315. The predicted molar refractivity (Wildman–Crippen MR) is 86.5 cm³/mol. The molecular weight excluding hydrogens is 314 g/mol. The molecule has 0 spiro atoms. The number of rotatable bonds is 2. The van der Waals surface area contributed by atoms with Gasteiger partial charge in [0.2, 0.25) is 0 Å². The van der Waals surface area contributed by atoms with Gasteiger partial charge in [0, 0.05) is 11.6 Å². The molecule has 0 bridgehead atoms. The molecule has 7 nitrogen and oxygen atoms in total. The van der Waals surface area contributed by atoms with Crippen LogP contribution in [0.15, 0.2) is 51.7 Å². The van der Waals surface area contributed by atoms with E-state index in [9.17, 15) is 10.0 Å². The molecule has 0 aliphatic carbocycles. The summed E-state index contributed by atoms with van der Waals surface area (Å²) < 4.78 is 16.8. The number of fused-ring (bicyclic) bond motifs is 2. The third-order valence-electron chi connectivity index (χ3n) is 3.76. The third-order valence-corrected chi connectivity index (χ3v) is 3.76. The Hall–Kier alpha value is -3.03. The normalized spacial score (nSPS) is 13.1. The average molecular weight is 326 g/mol. The topological polar surface area (TPSA) is 95.2 Å². The van der Waals surface area contributed by atoms with E-state index in [2.05, 4.69) is 0 Å². The summed E-state index contributed by atoms with van der Waals surface area (Å²) in [6, 6.07) is 10.7. The Kier molecular flexibility index (Phi) is 3.37. The van der Waals surface area contributed by atoms with Gasteiger partial charge in [-0.25, -0.2) is 0 Å². The van der Waals surface area contributed by atoms with Crippen molar-refractivity contribution in [3.8, 4) is 22.8 Å². The fourth-order valence-corrected chi connectivity index (χ4v) is 2.60. The van der Waals surface area contributed by atoms with E-state index in [1.54, 1.807) is 18.2 Å². The van der Waals surface area contributed by atoms with Gasteiger partial charge in [0.15, 0.2) is 16.9 Å². The van der Waals surface area contributed by atoms with Gasteiger partial charge in [0.05, 0.1) is 11.1 Å². The van der Waals surface area contributed by atoms with Gasteiger partial charge in [0.25, 0.3) is 0 Å². The number of anilines is 1. The van der Waals surface area contributed by atoms with Crippen LogP contribution in [0.4, 0.5) is 5.69 Å². The molecule has 2 heterocycles. The smallest absolute Gasteiger partial charge is 0.193 e. The molecule has 122 valence electrons. The maximum atomic E-state index is 12.3. The molecular formula is C17H12NO6-. The van der Waals surface area contributed by atoms with E-state index in [1.165, 1.54) is 24.3 Å². The first kappa shape index (κ1) is 14.6. The second-order valence-electron chi connectivity index (χ2n) is 5.29. The summed E-state index contributed by atoms with van der Waals surface area (Å²) in [6.45, 7) is 0.967. The molecule has 0 saturated heterocycles. The van der Waals surface area contributed by atoms with Crippen molar-refractivity contribution in [3.63, 3.8) is 0 Å². The lowest BCUT2D eigenvalue weighted by Gasteiger charge is -2.21. The monoisotopic (exact) mass is 326 g/mol. The van der Waals surface area contributed by atoms with Crippen molar-refractivity contribution in [3.05, 3.63) is 57.9 Å². The van der Waals surface area contributed by atoms with Crippen molar-refractivity contribution >= 4 is 16.7 Å². The van der Waals surface area contributed by atoms with E-state index >= 15 is 0 Å². The van der Waals surface area contributed by atoms with Gasteiger partial charge in [-0.15, -0.1) is 0 Å². The van der Waals surface area contributed by atoms with Gasteiger partial charge in [0.1, 0.15) is 24.6 Å². The molecule has 1 aliphatic heterocycles. The predicted octanol–water partition coefficient (Wildman–Crippen LogP) is 2.92. The van der Waals surface area contributed by atoms with E-state index < -0.39 is 0 Å². The fourth-order valence-electron chi connectivity index (χ4n) is 2.60.